The lowest BCUT2D eigenvalue weighted by Crippen LogP contribution is -2.17. The van der Waals surface area contributed by atoms with Gasteiger partial charge in [-0.2, -0.15) is 0 Å². The van der Waals surface area contributed by atoms with Gasteiger partial charge >= 0.3 is 5.97 Å². The van der Waals surface area contributed by atoms with Crippen molar-refractivity contribution in [2.24, 2.45) is 0 Å². The zero-order chi connectivity index (χ0) is 13.2. The number of hydrogen-bond donors (Lipinski definition) is 1. The molecule has 2 heteroatoms. The van der Waals surface area contributed by atoms with Gasteiger partial charge in [-0.3, -0.25) is 4.79 Å². The number of hydrogen-bond acceptors (Lipinski definition) is 1. The molecule has 2 aromatic carbocycles. The molecule has 19 heavy (non-hydrogen) atoms. The van der Waals surface area contributed by atoms with E-state index in [9.17, 15) is 9.90 Å². The number of fused-ring (bicyclic) bond motifs is 1. The van der Waals surface area contributed by atoms with Crippen molar-refractivity contribution < 1.29 is 9.90 Å². The molecule has 0 radical (unpaired) electrons. The van der Waals surface area contributed by atoms with Crippen LogP contribution in [0.2, 0.25) is 0 Å². The third kappa shape index (κ3) is 2.26. The number of carboxylic acid groups (broad SMARTS) is 1. The summed E-state index contributed by atoms with van der Waals surface area (Å²) in [7, 11) is 0. The van der Waals surface area contributed by atoms with Crippen LogP contribution in [0.1, 0.15) is 29.9 Å². The van der Waals surface area contributed by atoms with Crippen LogP contribution in [-0.4, -0.2) is 11.1 Å². The highest BCUT2D eigenvalue weighted by Gasteiger charge is 2.26. The molecule has 0 spiro atoms. The molecule has 0 saturated heterocycles. The molecular formula is C17H16O2. The summed E-state index contributed by atoms with van der Waals surface area (Å²) in [6.07, 6.45) is 2.71. The van der Waals surface area contributed by atoms with Crippen LogP contribution < -0.4 is 0 Å². The zero-order valence-corrected chi connectivity index (χ0v) is 10.7. The van der Waals surface area contributed by atoms with Crippen LogP contribution in [0.4, 0.5) is 0 Å². The van der Waals surface area contributed by atoms with Crippen molar-refractivity contribution >= 4 is 5.97 Å². The predicted octanol–water partition coefficient (Wildman–Crippen LogP) is 3.86. The standard InChI is InChI=1S/C17H16O2/c18-17(19)15-8-4-7-13-9-10-14(11-16(13)15)12-5-2-1-3-6-12/h1-3,5-6,9-11,15H,4,7-8H2,(H,18,19). The lowest BCUT2D eigenvalue weighted by molar-refractivity contribution is -0.139. The average molecular weight is 252 g/mol. The molecule has 0 saturated carbocycles. The third-order valence-electron chi connectivity index (χ3n) is 3.87. The van der Waals surface area contributed by atoms with Crippen molar-refractivity contribution in [3.8, 4) is 11.1 Å². The Bertz CT molecular complexity index is 602. The van der Waals surface area contributed by atoms with E-state index in [0.717, 1.165) is 36.0 Å². The van der Waals surface area contributed by atoms with Crippen LogP contribution in [0.3, 0.4) is 0 Å². The molecule has 96 valence electrons. The Hall–Kier alpha value is -2.09. The summed E-state index contributed by atoms with van der Waals surface area (Å²) >= 11 is 0. The number of benzene rings is 2. The number of rotatable bonds is 2. The molecule has 0 amide bonds. The second-order valence-corrected chi connectivity index (χ2v) is 5.06. The van der Waals surface area contributed by atoms with Crippen LogP contribution in [0.5, 0.6) is 0 Å². The summed E-state index contributed by atoms with van der Waals surface area (Å²) in [5.41, 5.74) is 4.44. The van der Waals surface area contributed by atoms with Gasteiger partial charge in [0.2, 0.25) is 0 Å². The molecule has 0 aliphatic heterocycles. The molecule has 1 atom stereocenters. The van der Waals surface area contributed by atoms with Crippen molar-refractivity contribution in [1.29, 1.82) is 0 Å². The highest BCUT2D eigenvalue weighted by Crippen LogP contribution is 2.34. The quantitative estimate of drug-likeness (QED) is 0.881. The Morgan fingerprint density at radius 1 is 1.05 bits per heavy atom. The second kappa shape index (κ2) is 4.88. The minimum atomic E-state index is -0.703. The van der Waals surface area contributed by atoms with E-state index < -0.39 is 5.97 Å². The second-order valence-electron chi connectivity index (χ2n) is 5.06. The maximum Gasteiger partial charge on any atom is 0.310 e. The van der Waals surface area contributed by atoms with Crippen LogP contribution in [0.15, 0.2) is 48.5 Å². The minimum absolute atomic E-state index is 0.340. The van der Waals surface area contributed by atoms with Gasteiger partial charge in [0.25, 0.3) is 0 Å². The molecule has 1 aliphatic carbocycles. The van der Waals surface area contributed by atoms with E-state index in [4.69, 9.17) is 0 Å². The molecule has 1 unspecified atom stereocenters. The predicted molar refractivity (Wildman–Crippen MR) is 75.2 cm³/mol. The first-order chi connectivity index (χ1) is 9.25. The fourth-order valence-corrected chi connectivity index (χ4v) is 2.87. The van der Waals surface area contributed by atoms with E-state index in [2.05, 4.69) is 30.3 Å². The van der Waals surface area contributed by atoms with Gasteiger partial charge < -0.3 is 5.11 Å². The largest absolute Gasteiger partial charge is 0.481 e. The Morgan fingerprint density at radius 3 is 2.58 bits per heavy atom. The molecular weight excluding hydrogens is 236 g/mol. The van der Waals surface area contributed by atoms with Gasteiger partial charge in [0.05, 0.1) is 5.92 Å². The Kier molecular flexibility index (Phi) is 3.08. The van der Waals surface area contributed by atoms with Gasteiger partial charge in [-0.1, -0.05) is 48.5 Å². The summed E-state index contributed by atoms with van der Waals surface area (Å²) < 4.78 is 0. The highest BCUT2D eigenvalue weighted by atomic mass is 16.4. The topological polar surface area (TPSA) is 37.3 Å². The Morgan fingerprint density at radius 2 is 1.84 bits per heavy atom. The van der Waals surface area contributed by atoms with E-state index in [1.807, 2.05) is 18.2 Å². The molecule has 3 rings (SSSR count). The van der Waals surface area contributed by atoms with Crippen molar-refractivity contribution in [3.63, 3.8) is 0 Å². The maximum absolute atomic E-state index is 11.4. The summed E-state index contributed by atoms with van der Waals surface area (Å²) in [5.74, 6) is -1.04. The van der Waals surface area contributed by atoms with E-state index in [-0.39, 0.29) is 5.92 Å². The van der Waals surface area contributed by atoms with Crippen molar-refractivity contribution in [1.82, 2.24) is 0 Å². The van der Waals surface area contributed by atoms with E-state index in [1.165, 1.54) is 5.56 Å². The number of aryl methyl sites for hydroxylation is 1. The Balaban J connectivity index is 2.07. The molecule has 2 nitrogen and oxygen atoms in total. The zero-order valence-electron chi connectivity index (χ0n) is 10.7. The summed E-state index contributed by atoms with van der Waals surface area (Å²) in [5, 5.41) is 9.35. The average Bonchev–Trinajstić information content (AvgIpc) is 2.47. The summed E-state index contributed by atoms with van der Waals surface area (Å²) in [6.45, 7) is 0. The van der Waals surface area contributed by atoms with Crippen molar-refractivity contribution in [2.45, 2.75) is 25.2 Å². The van der Waals surface area contributed by atoms with Gasteiger partial charge in [-0.05, 0) is 41.5 Å². The summed E-state index contributed by atoms with van der Waals surface area (Å²) in [4.78, 5) is 11.4. The van der Waals surface area contributed by atoms with E-state index >= 15 is 0 Å². The first-order valence-electron chi connectivity index (χ1n) is 6.67. The van der Waals surface area contributed by atoms with Crippen molar-refractivity contribution in [3.05, 3.63) is 59.7 Å². The van der Waals surface area contributed by atoms with Gasteiger partial charge in [0.15, 0.2) is 0 Å². The highest BCUT2D eigenvalue weighted by molar-refractivity contribution is 5.78. The van der Waals surface area contributed by atoms with Gasteiger partial charge in [-0.15, -0.1) is 0 Å². The van der Waals surface area contributed by atoms with Gasteiger partial charge in [0.1, 0.15) is 0 Å². The normalized spacial score (nSPS) is 17.8. The molecule has 2 aromatic rings. The van der Waals surface area contributed by atoms with Gasteiger partial charge in [0, 0.05) is 0 Å². The molecule has 0 heterocycles. The molecule has 1 N–H and O–H groups in total. The Labute approximate surface area is 112 Å². The van der Waals surface area contributed by atoms with Crippen molar-refractivity contribution in [2.75, 3.05) is 0 Å². The third-order valence-corrected chi connectivity index (χ3v) is 3.87. The first-order valence-corrected chi connectivity index (χ1v) is 6.67. The SMILES string of the molecule is O=C(O)C1CCCc2ccc(-c3ccccc3)cc21. The lowest BCUT2D eigenvalue weighted by atomic mass is 9.81. The van der Waals surface area contributed by atoms with Crippen LogP contribution in [-0.2, 0) is 11.2 Å². The fraction of sp³-hybridized carbons (Fsp3) is 0.235. The smallest absolute Gasteiger partial charge is 0.310 e. The number of carboxylic acids is 1. The lowest BCUT2D eigenvalue weighted by Gasteiger charge is -2.23. The van der Waals surface area contributed by atoms with E-state index in [0.29, 0.717) is 0 Å². The van der Waals surface area contributed by atoms with Crippen LogP contribution >= 0.6 is 0 Å². The van der Waals surface area contributed by atoms with E-state index in [1.54, 1.807) is 0 Å². The van der Waals surface area contributed by atoms with Crippen LogP contribution in [0.25, 0.3) is 11.1 Å². The van der Waals surface area contributed by atoms with Crippen LogP contribution in [0, 0.1) is 0 Å². The first kappa shape index (κ1) is 12.0. The van der Waals surface area contributed by atoms with Gasteiger partial charge in [-0.25, -0.2) is 0 Å². The monoisotopic (exact) mass is 252 g/mol. The number of aliphatic carboxylic acids is 1. The fourth-order valence-electron chi connectivity index (χ4n) is 2.87. The molecule has 1 aliphatic rings. The maximum atomic E-state index is 11.4. The molecule has 0 aromatic heterocycles. The number of carbonyl (C=O) groups is 1. The minimum Gasteiger partial charge on any atom is -0.481 e. The molecule has 0 fully saturated rings. The molecule has 0 bridgehead atoms. The summed E-state index contributed by atoms with van der Waals surface area (Å²) in [6, 6.07) is 16.4.